The lowest BCUT2D eigenvalue weighted by atomic mass is 9.86. The number of fused-ring (bicyclic) bond motifs is 1. The SMILES string of the molecule is CC(C)[C@@H]1[C@H]2O[C@H]2C[C@H]1C. The molecule has 0 aromatic rings. The van der Waals surface area contributed by atoms with Crippen molar-refractivity contribution in [1.29, 1.82) is 0 Å². The minimum absolute atomic E-state index is 0.648. The fourth-order valence-corrected chi connectivity index (χ4v) is 2.57. The molecule has 58 valence electrons. The zero-order valence-electron chi connectivity index (χ0n) is 7.00. The normalized spacial score (nSPS) is 51.6. The van der Waals surface area contributed by atoms with Gasteiger partial charge in [-0.1, -0.05) is 20.8 Å². The molecule has 0 aromatic heterocycles. The summed E-state index contributed by atoms with van der Waals surface area (Å²) in [6.07, 6.45) is 2.62. The third kappa shape index (κ3) is 0.800. The lowest BCUT2D eigenvalue weighted by molar-refractivity contribution is 0.173. The summed E-state index contributed by atoms with van der Waals surface area (Å²) < 4.78 is 5.50. The first-order valence-corrected chi connectivity index (χ1v) is 4.35. The molecular formula is C9H16O. The van der Waals surface area contributed by atoms with Gasteiger partial charge in [-0.05, 0) is 24.2 Å². The standard InChI is InChI=1S/C9H16O/c1-5(2)8-6(3)4-7-9(8)10-7/h5-9H,4H2,1-3H3/t6-,7+,8+,9+/m1/s1. The Morgan fingerprint density at radius 3 is 2.40 bits per heavy atom. The van der Waals surface area contributed by atoms with Crippen molar-refractivity contribution >= 4 is 0 Å². The van der Waals surface area contributed by atoms with Gasteiger partial charge >= 0.3 is 0 Å². The van der Waals surface area contributed by atoms with Crippen LogP contribution in [0.1, 0.15) is 27.2 Å². The van der Waals surface area contributed by atoms with E-state index in [0.717, 1.165) is 17.8 Å². The average molecular weight is 140 g/mol. The summed E-state index contributed by atoms with van der Waals surface area (Å²) in [7, 11) is 0. The fourth-order valence-electron chi connectivity index (χ4n) is 2.57. The van der Waals surface area contributed by atoms with E-state index in [4.69, 9.17) is 4.74 Å². The summed E-state index contributed by atoms with van der Waals surface area (Å²) in [6.45, 7) is 6.98. The van der Waals surface area contributed by atoms with Gasteiger partial charge in [0.2, 0.25) is 0 Å². The lowest BCUT2D eigenvalue weighted by Crippen LogP contribution is -2.18. The Bertz CT molecular complexity index is 140. The highest BCUT2D eigenvalue weighted by molar-refractivity contribution is 5.01. The molecule has 0 unspecified atom stereocenters. The molecule has 1 saturated carbocycles. The van der Waals surface area contributed by atoms with Crippen molar-refractivity contribution in [3.63, 3.8) is 0 Å². The van der Waals surface area contributed by atoms with Gasteiger partial charge in [0.15, 0.2) is 0 Å². The summed E-state index contributed by atoms with van der Waals surface area (Å²) in [6, 6.07) is 0. The van der Waals surface area contributed by atoms with Gasteiger partial charge in [-0.3, -0.25) is 0 Å². The third-order valence-electron chi connectivity index (χ3n) is 3.03. The first-order chi connectivity index (χ1) is 4.70. The maximum absolute atomic E-state index is 5.50. The van der Waals surface area contributed by atoms with E-state index in [1.54, 1.807) is 0 Å². The quantitative estimate of drug-likeness (QED) is 0.508. The highest BCUT2D eigenvalue weighted by atomic mass is 16.6. The molecule has 2 rings (SSSR count). The van der Waals surface area contributed by atoms with E-state index in [1.165, 1.54) is 6.42 Å². The molecular weight excluding hydrogens is 124 g/mol. The van der Waals surface area contributed by atoms with Gasteiger partial charge in [0.1, 0.15) is 0 Å². The highest BCUT2D eigenvalue weighted by Gasteiger charge is 2.54. The molecule has 2 aliphatic rings. The fraction of sp³-hybridized carbons (Fsp3) is 1.00. The zero-order valence-corrected chi connectivity index (χ0v) is 7.00. The van der Waals surface area contributed by atoms with Gasteiger partial charge < -0.3 is 4.74 Å². The second kappa shape index (κ2) is 1.97. The molecule has 0 bridgehead atoms. The minimum atomic E-state index is 0.648. The molecule has 1 heterocycles. The maximum Gasteiger partial charge on any atom is 0.0875 e. The van der Waals surface area contributed by atoms with Crippen molar-refractivity contribution in [2.45, 2.75) is 39.4 Å². The van der Waals surface area contributed by atoms with Crippen LogP contribution in [0.2, 0.25) is 0 Å². The Labute approximate surface area is 62.8 Å². The van der Waals surface area contributed by atoms with Crippen LogP contribution in [0.5, 0.6) is 0 Å². The molecule has 0 N–H and O–H groups in total. The van der Waals surface area contributed by atoms with E-state index in [1.807, 2.05) is 0 Å². The van der Waals surface area contributed by atoms with Crippen molar-refractivity contribution in [3.05, 3.63) is 0 Å². The summed E-state index contributed by atoms with van der Waals surface area (Å²) >= 11 is 0. The number of hydrogen-bond donors (Lipinski definition) is 0. The molecule has 1 aliphatic carbocycles. The van der Waals surface area contributed by atoms with Crippen molar-refractivity contribution in [2.24, 2.45) is 17.8 Å². The number of hydrogen-bond acceptors (Lipinski definition) is 1. The molecule has 1 aliphatic heterocycles. The first kappa shape index (κ1) is 6.66. The maximum atomic E-state index is 5.50. The lowest BCUT2D eigenvalue weighted by Gasteiger charge is -2.20. The Hall–Kier alpha value is -0.0400. The molecule has 0 spiro atoms. The van der Waals surface area contributed by atoms with Crippen molar-refractivity contribution in [3.8, 4) is 0 Å². The van der Waals surface area contributed by atoms with E-state index in [9.17, 15) is 0 Å². The van der Waals surface area contributed by atoms with Gasteiger partial charge in [-0.15, -0.1) is 0 Å². The molecule has 1 saturated heterocycles. The van der Waals surface area contributed by atoms with Gasteiger partial charge in [-0.25, -0.2) is 0 Å². The topological polar surface area (TPSA) is 12.5 Å². The predicted octanol–water partition coefficient (Wildman–Crippen LogP) is 2.07. The monoisotopic (exact) mass is 140 g/mol. The smallest absolute Gasteiger partial charge is 0.0875 e. The van der Waals surface area contributed by atoms with Gasteiger partial charge in [-0.2, -0.15) is 0 Å². The molecule has 10 heavy (non-hydrogen) atoms. The van der Waals surface area contributed by atoms with Crippen LogP contribution in [-0.4, -0.2) is 12.2 Å². The summed E-state index contributed by atoms with van der Waals surface area (Å²) in [4.78, 5) is 0. The predicted molar refractivity (Wildman–Crippen MR) is 40.8 cm³/mol. The van der Waals surface area contributed by atoms with Crippen molar-refractivity contribution < 1.29 is 4.74 Å². The number of ether oxygens (including phenoxy) is 1. The van der Waals surface area contributed by atoms with Crippen molar-refractivity contribution in [2.75, 3.05) is 0 Å². The summed E-state index contributed by atoms with van der Waals surface area (Å²) in [5.41, 5.74) is 0. The van der Waals surface area contributed by atoms with Crippen molar-refractivity contribution in [1.82, 2.24) is 0 Å². The van der Waals surface area contributed by atoms with Crippen LogP contribution in [-0.2, 0) is 4.74 Å². The van der Waals surface area contributed by atoms with Crippen LogP contribution >= 0.6 is 0 Å². The van der Waals surface area contributed by atoms with Crippen LogP contribution in [0.15, 0.2) is 0 Å². The molecule has 2 fully saturated rings. The Balaban J connectivity index is 2.05. The van der Waals surface area contributed by atoms with E-state index < -0.39 is 0 Å². The van der Waals surface area contributed by atoms with Gasteiger partial charge in [0, 0.05) is 0 Å². The van der Waals surface area contributed by atoms with E-state index in [0.29, 0.717) is 12.2 Å². The van der Waals surface area contributed by atoms with E-state index in [2.05, 4.69) is 20.8 Å². The van der Waals surface area contributed by atoms with Crippen LogP contribution < -0.4 is 0 Å². The van der Waals surface area contributed by atoms with Crippen LogP contribution in [0, 0.1) is 17.8 Å². The first-order valence-electron chi connectivity index (χ1n) is 4.35. The molecule has 0 radical (unpaired) electrons. The summed E-state index contributed by atoms with van der Waals surface area (Å²) in [5, 5.41) is 0. The van der Waals surface area contributed by atoms with E-state index >= 15 is 0 Å². The average Bonchev–Trinajstić information content (AvgIpc) is 2.42. The Morgan fingerprint density at radius 1 is 1.40 bits per heavy atom. The largest absolute Gasteiger partial charge is 0.369 e. The van der Waals surface area contributed by atoms with Gasteiger partial charge in [0.05, 0.1) is 12.2 Å². The third-order valence-corrected chi connectivity index (χ3v) is 3.03. The molecule has 4 atom stereocenters. The minimum Gasteiger partial charge on any atom is -0.369 e. The Morgan fingerprint density at radius 2 is 2.10 bits per heavy atom. The molecule has 0 aromatic carbocycles. The van der Waals surface area contributed by atoms with Crippen LogP contribution in [0.4, 0.5) is 0 Å². The second-order valence-electron chi connectivity index (χ2n) is 4.17. The number of epoxide rings is 1. The van der Waals surface area contributed by atoms with Gasteiger partial charge in [0.25, 0.3) is 0 Å². The molecule has 0 amide bonds. The molecule has 1 heteroatoms. The molecule has 1 nitrogen and oxygen atoms in total. The number of rotatable bonds is 1. The van der Waals surface area contributed by atoms with Crippen LogP contribution in [0.3, 0.4) is 0 Å². The van der Waals surface area contributed by atoms with Crippen LogP contribution in [0.25, 0.3) is 0 Å². The van der Waals surface area contributed by atoms with E-state index in [-0.39, 0.29) is 0 Å². The summed E-state index contributed by atoms with van der Waals surface area (Å²) in [5.74, 6) is 2.57. The second-order valence-corrected chi connectivity index (χ2v) is 4.17. The Kier molecular flexibility index (Phi) is 1.31. The zero-order chi connectivity index (χ0) is 7.30. The highest BCUT2D eigenvalue weighted by Crippen LogP contribution is 2.49.